The molecule has 2 aromatic rings. The Hall–Kier alpha value is -2.38. The highest BCUT2D eigenvalue weighted by Gasteiger charge is 2.43. The van der Waals surface area contributed by atoms with Gasteiger partial charge in [0.15, 0.2) is 11.6 Å². The second kappa shape index (κ2) is 7.70. The fourth-order valence-corrected chi connectivity index (χ4v) is 3.94. The molecule has 0 spiro atoms. The zero-order valence-electron chi connectivity index (χ0n) is 14.8. The first-order chi connectivity index (χ1) is 13.1. The van der Waals surface area contributed by atoms with Crippen LogP contribution < -0.4 is 5.32 Å². The van der Waals surface area contributed by atoms with E-state index in [1.165, 1.54) is 6.07 Å². The van der Waals surface area contributed by atoms with E-state index in [-0.39, 0.29) is 17.9 Å². The van der Waals surface area contributed by atoms with Crippen LogP contribution in [0.5, 0.6) is 0 Å². The van der Waals surface area contributed by atoms with Gasteiger partial charge in [0.2, 0.25) is 0 Å². The lowest BCUT2D eigenvalue weighted by atomic mass is 9.93. The fraction of sp³-hybridized carbons (Fsp3) is 0.400. The number of nitrogens with zero attached hydrogens (tertiary/aromatic N) is 2. The molecular formula is C20H21F2N3O2. The minimum atomic E-state index is -0.828. The van der Waals surface area contributed by atoms with Crippen LogP contribution >= 0.6 is 0 Å². The summed E-state index contributed by atoms with van der Waals surface area (Å²) in [5, 5.41) is 2.98. The molecule has 27 heavy (non-hydrogen) atoms. The molecule has 1 amide bonds. The Labute approximate surface area is 156 Å². The van der Waals surface area contributed by atoms with Crippen LogP contribution in [-0.2, 0) is 11.3 Å². The summed E-state index contributed by atoms with van der Waals surface area (Å²) in [7, 11) is 0. The Bertz CT molecular complexity index is 818. The first-order valence-electron chi connectivity index (χ1n) is 9.06. The molecule has 142 valence electrons. The van der Waals surface area contributed by atoms with E-state index in [0.717, 1.165) is 24.7 Å². The monoisotopic (exact) mass is 373 g/mol. The number of likely N-dealkylation sites (tertiary alicyclic amines) is 1. The lowest BCUT2D eigenvalue weighted by Crippen LogP contribution is -2.34. The highest BCUT2D eigenvalue weighted by atomic mass is 19.2. The molecule has 5 nitrogen and oxygen atoms in total. The second-order valence-electron chi connectivity index (χ2n) is 7.18. The van der Waals surface area contributed by atoms with Crippen LogP contribution in [0.15, 0.2) is 42.7 Å². The molecule has 1 N–H and O–H groups in total. The molecule has 7 heteroatoms. The number of aromatic nitrogens is 1. The molecule has 2 saturated heterocycles. The molecule has 0 bridgehead atoms. The van der Waals surface area contributed by atoms with Crippen LogP contribution in [0.3, 0.4) is 0 Å². The lowest BCUT2D eigenvalue weighted by molar-refractivity contribution is 0.0903. The third kappa shape index (κ3) is 3.99. The molecule has 3 heterocycles. The van der Waals surface area contributed by atoms with Crippen LogP contribution in [0.25, 0.3) is 0 Å². The van der Waals surface area contributed by atoms with Crippen LogP contribution in [-0.4, -0.2) is 48.1 Å². The number of fused-ring (bicyclic) bond motifs is 1. The number of carbonyl (C=O) groups excluding carboxylic acids is 1. The summed E-state index contributed by atoms with van der Waals surface area (Å²) in [5.74, 6) is -1.19. The third-order valence-corrected chi connectivity index (χ3v) is 5.37. The summed E-state index contributed by atoms with van der Waals surface area (Å²) in [5.41, 5.74) is 1.34. The average Bonchev–Trinajstić information content (AvgIpc) is 3.24. The molecule has 3 atom stereocenters. The summed E-state index contributed by atoms with van der Waals surface area (Å²) in [4.78, 5) is 18.3. The number of hydrogen-bond donors (Lipinski definition) is 1. The lowest BCUT2D eigenvalue weighted by Gasteiger charge is -2.20. The number of ether oxygens (including phenoxy) is 1. The number of pyridine rings is 1. The molecule has 2 fully saturated rings. The fourth-order valence-electron chi connectivity index (χ4n) is 3.94. The maximum absolute atomic E-state index is 13.4. The highest BCUT2D eigenvalue weighted by Crippen LogP contribution is 2.34. The Morgan fingerprint density at radius 1 is 1.19 bits per heavy atom. The predicted molar refractivity (Wildman–Crippen MR) is 94.9 cm³/mol. The van der Waals surface area contributed by atoms with E-state index in [1.807, 2.05) is 0 Å². The minimum Gasteiger partial charge on any atom is -0.376 e. The summed E-state index contributed by atoms with van der Waals surface area (Å²) in [6.45, 7) is 3.33. The zero-order valence-corrected chi connectivity index (χ0v) is 14.8. The summed E-state index contributed by atoms with van der Waals surface area (Å²) < 4.78 is 32.4. The van der Waals surface area contributed by atoms with Gasteiger partial charge in [0.25, 0.3) is 5.91 Å². The van der Waals surface area contributed by atoms with E-state index < -0.39 is 11.6 Å². The molecule has 0 saturated carbocycles. The number of nitrogens with one attached hydrogen (secondary N) is 1. The van der Waals surface area contributed by atoms with Gasteiger partial charge in [-0.2, -0.15) is 0 Å². The summed E-state index contributed by atoms with van der Waals surface area (Å²) >= 11 is 0. The molecular weight excluding hydrogens is 352 g/mol. The van der Waals surface area contributed by atoms with Crippen molar-refractivity contribution in [1.29, 1.82) is 0 Å². The van der Waals surface area contributed by atoms with Gasteiger partial charge >= 0.3 is 0 Å². The van der Waals surface area contributed by atoms with Crippen molar-refractivity contribution in [1.82, 2.24) is 15.2 Å². The Morgan fingerprint density at radius 3 is 2.78 bits per heavy atom. The van der Waals surface area contributed by atoms with Crippen LogP contribution in [0.1, 0.15) is 15.9 Å². The normalized spacial score (nSPS) is 24.7. The van der Waals surface area contributed by atoms with Crippen molar-refractivity contribution in [3.8, 4) is 0 Å². The first kappa shape index (κ1) is 18.0. The Balaban J connectivity index is 1.31. The van der Waals surface area contributed by atoms with Crippen LogP contribution in [0, 0.1) is 23.5 Å². The van der Waals surface area contributed by atoms with Gasteiger partial charge in [-0.25, -0.2) is 8.78 Å². The van der Waals surface area contributed by atoms with Gasteiger partial charge in [-0.1, -0.05) is 6.07 Å². The quantitative estimate of drug-likeness (QED) is 0.873. The maximum atomic E-state index is 13.4. The Kier molecular flexibility index (Phi) is 5.13. The molecule has 0 radical (unpaired) electrons. The molecule has 1 aromatic heterocycles. The van der Waals surface area contributed by atoms with E-state index in [2.05, 4.69) is 15.2 Å². The van der Waals surface area contributed by atoms with Crippen molar-refractivity contribution in [3.05, 3.63) is 65.5 Å². The van der Waals surface area contributed by atoms with Crippen molar-refractivity contribution in [2.45, 2.75) is 12.6 Å². The van der Waals surface area contributed by atoms with Gasteiger partial charge in [-0.15, -0.1) is 0 Å². The van der Waals surface area contributed by atoms with Gasteiger partial charge in [-0.3, -0.25) is 14.7 Å². The van der Waals surface area contributed by atoms with Crippen molar-refractivity contribution in [2.75, 3.05) is 26.2 Å². The summed E-state index contributed by atoms with van der Waals surface area (Å²) in [6.07, 6.45) is 3.31. The van der Waals surface area contributed by atoms with Crippen molar-refractivity contribution in [3.63, 3.8) is 0 Å². The average molecular weight is 373 g/mol. The number of carbonyl (C=O) groups is 1. The van der Waals surface area contributed by atoms with E-state index in [4.69, 9.17) is 4.74 Å². The standard InChI is InChI=1S/C20H21F2N3O2/c21-17-2-1-13(7-18(17)22)9-25-10-16-15(12-27-19(16)11-25)8-24-20(26)14-3-5-23-6-4-14/h1-7,15-16,19H,8-12H2,(H,24,26)/t15-,16+,19+/m0/s1. The van der Waals surface area contributed by atoms with Crippen LogP contribution in [0.2, 0.25) is 0 Å². The smallest absolute Gasteiger partial charge is 0.251 e. The van der Waals surface area contributed by atoms with Gasteiger partial charge in [-0.05, 0) is 29.8 Å². The van der Waals surface area contributed by atoms with Gasteiger partial charge in [0.1, 0.15) is 0 Å². The molecule has 2 aliphatic heterocycles. The van der Waals surface area contributed by atoms with Gasteiger partial charge in [0, 0.05) is 56.0 Å². The SMILES string of the molecule is O=C(NC[C@H]1CO[C@@H]2CN(Cc3ccc(F)c(F)c3)C[C@H]12)c1ccncc1. The minimum absolute atomic E-state index is 0.113. The van der Waals surface area contributed by atoms with Gasteiger partial charge in [0.05, 0.1) is 12.7 Å². The molecule has 4 rings (SSSR count). The molecule has 2 aliphatic rings. The van der Waals surface area contributed by atoms with Gasteiger partial charge < -0.3 is 10.1 Å². The van der Waals surface area contributed by atoms with E-state index in [0.29, 0.717) is 31.2 Å². The topological polar surface area (TPSA) is 54.5 Å². The highest BCUT2D eigenvalue weighted by molar-refractivity contribution is 5.93. The van der Waals surface area contributed by atoms with Crippen molar-refractivity contribution >= 4 is 5.91 Å². The largest absolute Gasteiger partial charge is 0.376 e. The van der Waals surface area contributed by atoms with Crippen molar-refractivity contribution in [2.24, 2.45) is 11.8 Å². The predicted octanol–water partition coefficient (Wildman–Crippen LogP) is 2.24. The zero-order chi connectivity index (χ0) is 18.8. The van der Waals surface area contributed by atoms with E-state index in [1.54, 1.807) is 30.6 Å². The number of rotatable bonds is 5. The first-order valence-corrected chi connectivity index (χ1v) is 9.06. The number of amides is 1. The molecule has 1 aromatic carbocycles. The molecule has 0 unspecified atom stereocenters. The second-order valence-corrected chi connectivity index (χ2v) is 7.18. The van der Waals surface area contributed by atoms with E-state index >= 15 is 0 Å². The molecule has 0 aliphatic carbocycles. The van der Waals surface area contributed by atoms with Crippen molar-refractivity contribution < 1.29 is 18.3 Å². The van der Waals surface area contributed by atoms with Crippen LogP contribution in [0.4, 0.5) is 8.78 Å². The maximum Gasteiger partial charge on any atom is 0.251 e. The summed E-state index contributed by atoms with van der Waals surface area (Å²) in [6, 6.07) is 7.39. The van der Waals surface area contributed by atoms with E-state index in [9.17, 15) is 13.6 Å². The number of hydrogen-bond acceptors (Lipinski definition) is 4. The number of benzene rings is 1. The third-order valence-electron chi connectivity index (χ3n) is 5.37. The number of halogens is 2. The Morgan fingerprint density at radius 2 is 2.00 bits per heavy atom.